The van der Waals surface area contributed by atoms with Crippen molar-refractivity contribution >= 4 is 11.8 Å². The van der Waals surface area contributed by atoms with Crippen molar-refractivity contribution in [3.8, 4) is 0 Å². The van der Waals surface area contributed by atoms with Crippen molar-refractivity contribution in [2.45, 2.75) is 32.2 Å². The molecule has 0 saturated heterocycles. The highest BCUT2D eigenvalue weighted by Crippen LogP contribution is 2.19. The molecule has 7 heteroatoms. The molecule has 0 amide bonds. The lowest BCUT2D eigenvalue weighted by Crippen LogP contribution is -2.15. The first kappa shape index (κ1) is 13.5. The van der Waals surface area contributed by atoms with E-state index < -0.39 is 5.97 Å². The van der Waals surface area contributed by atoms with Crippen molar-refractivity contribution in [3.05, 3.63) is 35.8 Å². The quantitative estimate of drug-likeness (QED) is 0.862. The summed E-state index contributed by atoms with van der Waals surface area (Å²) in [5, 5.41) is 11.9. The van der Waals surface area contributed by atoms with E-state index in [4.69, 9.17) is 5.11 Å². The summed E-state index contributed by atoms with van der Waals surface area (Å²) in [4.78, 5) is 23.0. The van der Waals surface area contributed by atoms with Gasteiger partial charge in [0.1, 0.15) is 5.82 Å². The second-order valence-electron chi connectivity index (χ2n) is 5.06. The van der Waals surface area contributed by atoms with Gasteiger partial charge in [-0.05, 0) is 25.7 Å². The van der Waals surface area contributed by atoms with Gasteiger partial charge < -0.3 is 15.0 Å². The Morgan fingerprint density at radius 3 is 2.86 bits per heavy atom. The number of carbonyl (C=O) groups is 1. The van der Waals surface area contributed by atoms with E-state index in [1.54, 1.807) is 0 Å². The maximum atomic E-state index is 10.7. The minimum absolute atomic E-state index is 0.0516. The third-order valence-electron chi connectivity index (χ3n) is 3.64. The summed E-state index contributed by atoms with van der Waals surface area (Å²) >= 11 is 0. The van der Waals surface area contributed by atoms with Gasteiger partial charge in [-0.1, -0.05) is 0 Å². The largest absolute Gasteiger partial charge is 0.476 e. The molecule has 2 aromatic rings. The first-order valence-electron chi connectivity index (χ1n) is 7.06. The summed E-state index contributed by atoms with van der Waals surface area (Å²) in [7, 11) is 0. The highest BCUT2D eigenvalue weighted by atomic mass is 16.4. The molecule has 1 aliphatic rings. The van der Waals surface area contributed by atoms with Crippen LogP contribution in [0.25, 0.3) is 0 Å². The molecule has 0 saturated carbocycles. The highest BCUT2D eigenvalue weighted by Gasteiger charge is 2.14. The average Bonchev–Trinajstić information content (AvgIpc) is 2.91. The van der Waals surface area contributed by atoms with Crippen LogP contribution in [0.2, 0.25) is 0 Å². The lowest BCUT2D eigenvalue weighted by atomic mass is 10.0. The van der Waals surface area contributed by atoms with Crippen LogP contribution in [0.3, 0.4) is 0 Å². The second-order valence-corrected chi connectivity index (χ2v) is 5.06. The average molecular weight is 287 g/mol. The minimum Gasteiger partial charge on any atom is -0.476 e. The Kier molecular flexibility index (Phi) is 3.81. The molecule has 0 bridgehead atoms. The lowest BCUT2D eigenvalue weighted by Gasteiger charge is -2.14. The highest BCUT2D eigenvalue weighted by molar-refractivity contribution is 5.84. The van der Waals surface area contributed by atoms with E-state index in [-0.39, 0.29) is 5.69 Å². The van der Waals surface area contributed by atoms with Gasteiger partial charge in [-0.15, -0.1) is 0 Å². The van der Waals surface area contributed by atoms with Gasteiger partial charge in [0.2, 0.25) is 0 Å². The number of rotatable bonds is 5. The molecule has 2 N–H and O–H groups in total. The van der Waals surface area contributed by atoms with E-state index >= 15 is 0 Å². The van der Waals surface area contributed by atoms with Crippen LogP contribution in [0, 0.1) is 0 Å². The molecule has 0 radical (unpaired) electrons. The Morgan fingerprint density at radius 1 is 1.24 bits per heavy atom. The number of hydrogen-bond donors (Lipinski definition) is 2. The van der Waals surface area contributed by atoms with Gasteiger partial charge in [0.25, 0.3) is 0 Å². The van der Waals surface area contributed by atoms with Gasteiger partial charge in [-0.25, -0.2) is 19.7 Å². The molecule has 110 valence electrons. The molecule has 0 spiro atoms. The van der Waals surface area contributed by atoms with Gasteiger partial charge in [0.15, 0.2) is 5.69 Å². The summed E-state index contributed by atoms with van der Waals surface area (Å²) in [5.41, 5.74) is 2.52. The first-order valence-corrected chi connectivity index (χ1v) is 7.06. The van der Waals surface area contributed by atoms with Crippen LogP contribution < -0.4 is 5.32 Å². The molecule has 0 unspecified atom stereocenters. The molecule has 3 rings (SSSR count). The molecule has 0 atom stereocenters. The molecular weight excluding hydrogens is 270 g/mol. The first-order chi connectivity index (χ1) is 10.2. The van der Waals surface area contributed by atoms with Crippen LogP contribution in [0.4, 0.5) is 5.82 Å². The van der Waals surface area contributed by atoms with Crippen LogP contribution >= 0.6 is 0 Å². The maximum absolute atomic E-state index is 10.7. The summed E-state index contributed by atoms with van der Waals surface area (Å²) in [6, 6.07) is 0. The molecule has 2 heterocycles. The zero-order chi connectivity index (χ0) is 14.7. The van der Waals surface area contributed by atoms with Crippen molar-refractivity contribution < 1.29 is 9.90 Å². The van der Waals surface area contributed by atoms with Crippen LogP contribution in [-0.2, 0) is 19.4 Å². The zero-order valence-electron chi connectivity index (χ0n) is 11.6. The number of fused-ring (bicyclic) bond motifs is 1. The predicted octanol–water partition coefficient (Wildman–Crippen LogP) is 1.36. The lowest BCUT2D eigenvalue weighted by molar-refractivity contribution is 0.0690. The van der Waals surface area contributed by atoms with Gasteiger partial charge in [0.05, 0.1) is 24.4 Å². The van der Waals surface area contributed by atoms with Crippen LogP contribution in [0.5, 0.6) is 0 Å². The molecule has 1 aliphatic carbocycles. The Morgan fingerprint density at radius 2 is 2.10 bits per heavy atom. The summed E-state index contributed by atoms with van der Waals surface area (Å²) < 4.78 is 2.18. The van der Waals surface area contributed by atoms with Crippen molar-refractivity contribution in [3.63, 3.8) is 0 Å². The topological polar surface area (TPSA) is 92.9 Å². The Balaban J connectivity index is 1.56. The fourth-order valence-electron chi connectivity index (χ4n) is 2.56. The number of imidazole rings is 1. The maximum Gasteiger partial charge on any atom is 0.356 e. The number of aromatic carboxylic acids is 1. The van der Waals surface area contributed by atoms with E-state index in [0.29, 0.717) is 12.4 Å². The predicted molar refractivity (Wildman–Crippen MR) is 76.4 cm³/mol. The normalized spacial score (nSPS) is 13.7. The molecule has 21 heavy (non-hydrogen) atoms. The summed E-state index contributed by atoms with van der Waals surface area (Å²) in [5.74, 6) is -0.493. The van der Waals surface area contributed by atoms with E-state index in [2.05, 4.69) is 24.8 Å². The van der Waals surface area contributed by atoms with Gasteiger partial charge >= 0.3 is 5.97 Å². The Labute approximate surface area is 122 Å². The summed E-state index contributed by atoms with van der Waals surface area (Å²) in [6.07, 6.45) is 9.23. The number of anilines is 1. The van der Waals surface area contributed by atoms with Gasteiger partial charge in [-0.2, -0.15) is 0 Å². The Bertz CT molecular complexity index is 635. The molecule has 0 aliphatic heterocycles. The number of aryl methyl sites for hydroxylation is 1. The van der Waals surface area contributed by atoms with Crippen molar-refractivity contribution in [2.75, 3.05) is 11.9 Å². The molecule has 2 aromatic heterocycles. The monoisotopic (exact) mass is 287 g/mol. The molecule has 7 nitrogen and oxygen atoms in total. The van der Waals surface area contributed by atoms with Crippen molar-refractivity contribution in [1.29, 1.82) is 0 Å². The van der Waals surface area contributed by atoms with Crippen LogP contribution in [0.1, 0.15) is 34.7 Å². The standard InChI is InChI=1S/C14H17N5O2/c20-14(21)11-7-17-13(8-16-11)15-5-6-19-9-18-10-3-1-2-4-12(10)19/h7-9H,1-6H2,(H,15,17)(H,20,21). The SMILES string of the molecule is O=C(O)c1cnc(NCCn2cnc3c2CCCC3)cn1. The smallest absolute Gasteiger partial charge is 0.356 e. The van der Waals surface area contributed by atoms with E-state index in [0.717, 1.165) is 19.4 Å². The Hall–Kier alpha value is -2.44. The van der Waals surface area contributed by atoms with Gasteiger partial charge in [0, 0.05) is 18.8 Å². The molecular formula is C14H17N5O2. The fourth-order valence-corrected chi connectivity index (χ4v) is 2.56. The number of nitrogens with one attached hydrogen (secondary N) is 1. The minimum atomic E-state index is -1.07. The number of carboxylic acids is 1. The van der Waals surface area contributed by atoms with E-state index in [1.165, 1.54) is 36.6 Å². The number of hydrogen-bond acceptors (Lipinski definition) is 5. The van der Waals surface area contributed by atoms with Crippen molar-refractivity contribution in [2.24, 2.45) is 0 Å². The fraction of sp³-hybridized carbons (Fsp3) is 0.429. The third-order valence-corrected chi connectivity index (χ3v) is 3.64. The van der Waals surface area contributed by atoms with Crippen LogP contribution in [-0.4, -0.2) is 37.1 Å². The second kappa shape index (κ2) is 5.90. The molecule has 0 aromatic carbocycles. The number of aromatic nitrogens is 4. The van der Waals surface area contributed by atoms with Crippen molar-refractivity contribution in [1.82, 2.24) is 19.5 Å². The zero-order valence-corrected chi connectivity index (χ0v) is 11.6. The number of nitrogens with zero attached hydrogens (tertiary/aromatic N) is 4. The van der Waals surface area contributed by atoms with E-state index in [9.17, 15) is 4.79 Å². The van der Waals surface area contributed by atoms with Gasteiger partial charge in [-0.3, -0.25) is 0 Å². The van der Waals surface area contributed by atoms with E-state index in [1.807, 2.05) is 6.33 Å². The molecule has 0 fully saturated rings. The summed E-state index contributed by atoms with van der Waals surface area (Å²) in [6.45, 7) is 1.51. The third kappa shape index (κ3) is 3.01. The van der Waals surface area contributed by atoms with Crippen LogP contribution in [0.15, 0.2) is 18.7 Å². The number of carboxylic acid groups (broad SMARTS) is 1.